The Morgan fingerprint density at radius 1 is 0.857 bits per heavy atom. The molecule has 0 aliphatic carbocycles. The van der Waals surface area contributed by atoms with Crippen LogP contribution in [0.15, 0.2) is 29.2 Å². The normalized spacial score (nSPS) is 21.0. The van der Waals surface area contributed by atoms with E-state index in [0.717, 1.165) is 19.1 Å². The van der Waals surface area contributed by atoms with Gasteiger partial charge in [-0.2, -0.15) is 8.61 Å². The Labute approximate surface area is 167 Å². The van der Waals surface area contributed by atoms with Crippen LogP contribution in [-0.2, 0) is 20.0 Å². The summed E-state index contributed by atoms with van der Waals surface area (Å²) in [5, 5.41) is 0. The van der Waals surface area contributed by atoms with Crippen molar-refractivity contribution in [2.75, 3.05) is 45.5 Å². The van der Waals surface area contributed by atoms with Gasteiger partial charge >= 0.3 is 0 Å². The van der Waals surface area contributed by atoms with E-state index in [4.69, 9.17) is 0 Å². The highest BCUT2D eigenvalue weighted by atomic mass is 32.2. The van der Waals surface area contributed by atoms with Gasteiger partial charge in [-0.05, 0) is 43.0 Å². The monoisotopic (exact) mass is 429 g/mol. The van der Waals surface area contributed by atoms with Gasteiger partial charge in [-0.15, -0.1) is 0 Å². The molecule has 0 unspecified atom stereocenters. The summed E-state index contributed by atoms with van der Waals surface area (Å²) >= 11 is 0. The number of carbonyl (C=O) groups excluding carboxylic acids is 1. The van der Waals surface area contributed by atoms with Crippen LogP contribution in [0.4, 0.5) is 0 Å². The maximum Gasteiger partial charge on any atom is 0.253 e. The Morgan fingerprint density at radius 2 is 1.39 bits per heavy atom. The SMILES string of the molecule is CC1CCN(S(=O)(=O)c2ccc(C(=O)N3CCN(S(C)(=O)=O)CC3)cc2)CC1. The van der Waals surface area contributed by atoms with Crippen LogP contribution in [0.2, 0.25) is 0 Å². The van der Waals surface area contributed by atoms with E-state index in [1.807, 2.05) is 0 Å². The Morgan fingerprint density at radius 3 is 1.89 bits per heavy atom. The number of nitrogens with zero attached hydrogens (tertiary/aromatic N) is 3. The van der Waals surface area contributed by atoms with Crippen LogP contribution in [0.25, 0.3) is 0 Å². The standard InChI is InChI=1S/C18H27N3O5S2/c1-15-7-9-21(10-8-15)28(25,26)17-5-3-16(4-6-17)18(22)19-11-13-20(14-12-19)27(2,23)24/h3-6,15H,7-14H2,1-2H3. The summed E-state index contributed by atoms with van der Waals surface area (Å²) in [7, 11) is -6.79. The van der Waals surface area contributed by atoms with Gasteiger partial charge in [0.15, 0.2) is 0 Å². The molecule has 0 spiro atoms. The average Bonchev–Trinajstić information content (AvgIpc) is 2.67. The van der Waals surface area contributed by atoms with Crippen LogP contribution in [-0.4, -0.2) is 81.8 Å². The molecule has 2 fully saturated rings. The molecule has 1 aromatic carbocycles. The first-order valence-corrected chi connectivity index (χ1v) is 12.7. The molecule has 0 aromatic heterocycles. The summed E-state index contributed by atoms with van der Waals surface area (Å²) in [5.41, 5.74) is 0.402. The maximum atomic E-state index is 12.8. The van der Waals surface area contributed by atoms with E-state index >= 15 is 0 Å². The highest BCUT2D eigenvalue weighted by Gasteiger charge is 2.29. The first-order valence-electron chi connectivity index (χ1n) is 9.43. The highest BCUT2D eigenvalue weighted by molar-refractivity contribution is 7.89. The van der Waals surface area contributed by atoms with Gasteiger partial charge in [-0.3, -0.25) is 4.79 Å². The summed E-state index contributed by atoms with van der Waals surface area (Å²) in [6.45, 7) is 4.34. The van der Waals surface area contributed by atoms with E-state index in [1.54, 1.807) is 4.90 Å². The molecule has 0 atom stereocenters. The minimum atomic E-state index is -3.54. The van der Waals surface area contributed by atoms with Crippen molar-refractivity contribution in [3.05, 3.63) is 29.8 Å². The lowest BCUT2D eigenvalue weighted by Gasteiger charge is -2.33. The van der Waals surface area contributed by atoms with Crippen LogP contribution >= 0.6 is 0 Å². The second-order valence-corrected chi connectivity index (χ2v) is 11.5. The predicted molar refractivity (Wildman–Crippen MR) is 106 cm³/mol. The van der Waals surface area contributed by atoms with Gasteiger partial charge in [0.2, 0.25) is 20.0 Å². The van der Waals surface area contributed by atoms with Gasteiger partial charge in [0, 0.05) is 44.8 Å². The number of benzene rings is 1. The Balaban J connectivity index is 1.66. The zero-order valence-corrected chi connectivity index (χ0v) is 17.9. The van der Waals surface area contributed by atoms with Crippen molar-refractivity contribution in [1.29, 1.82) is 0 Å². The molecule has 8 nitrogen and oxygen atoms in total. The molecule has 1 amide bonds. The van der Waals surface area contributed by atoms with Gasteiger partial charge in [-0.25, -0.2) is 16.8 Å². The first kappa shape index (κ1) is 21.2. The molecule has 0 saturated carbocycles. The second-order valence-electron chi connectivity index (χ2n) is 7.57. The molecule has 2 aliphatic heterocycles. The largest absolute Gasteiger partial charge is 0.336 e. The number of rotatable bonds is 4. The minimum absolute atomic E-state index is 0.195. The molecule has 156 valence electrons. The fraction of sp³-hybridized carbons (Fsp3) is 0.611. The number of sulfonamides is 2. The zero-order valence-electron chi connectivity index (χ0n) is 16.2. The number of hydrogen-bond acceptors (Lipinski definition) is 5. The Bertz CT molecular complexity index is 912. The van der Waals surface area contributed by atoms with Crippen molar-refractivity contribution in [1.82, 2.24) is 13.5 Å². The van der Waals surface area contributed by atoms with Crippen molar-refractivity contribution in [3.63, 3.8) is 0 Å². The Kier molecular flexibility index (Phi) is 6.14. The highest BCUT2D eigenvalue weighted by Crippen LogP contribution is 2.24. The molecule has 0 radical (unpaired) electrons. The smallest absolute Gasteiger partial charge is 0.253 e. The van der Waals surface area contributed by atoms with Gasteiger partial charge in [0.05, 0.1) is 11.2 Å². The fourth-order valence-electron chi connectivity index (χ4n) is 3.55. The number of carbonyl (C=O) groups is 1. The number of piperidine rings is 1. The first-order chi connectivity index (χ1) is 13.1. The van der Waals surface area contributed by atoms with Crippen molar-refractivity contribution in [2.45, 2.75) is 24.7 Å². The minimum Gasteiger partial charge on any atom is -0.336 e. The van der Waals surface area contributed by atoms with E-state index in [0.29, 0.717) is 37.7 Å². The van der Waals surface area contributed by atoms with Gasteiger partial charge < -0.3 is 4.90 Å². The summed E-state index contributed by atoms with van der Waals surface area (Å²) < 4.78 is 51.6. The molecule has 2 heterocycles. The van der Waals surface area contributed by atoms with Crippen molar-refractivity contribution in [3.8, 4) is 0 Å². The molecule has 28 heavy (non-hydrogen) atoms. The second kappa shape index (κ2) is 8.10. The quantitative estimate of drug-likeness (QED) is 0.706. The van der Waals surface area contributed by atoms with Crippen molar-refractivity contribution in [2.24, 2.45) is 5.92 Å². The Hall–Kier alpha value is -1.49. The summed E-state index contributed by atoms with van der Waals surface area (Å²) in [6, 6.07) is 6.02. The molecule has 0 bridgehead atoms. The summed E-state index contributed by atoms with van der Waals surface area (Å²) in [6.07, 6.45) is 2.87. The molecule has 2 aliphatic rings. The fourth-order valence-corrected chi connectivity index (χ4v) is 5.85. The van der Waals surface area contributed by atoms with Crippen molar-refractivity contribution >= 4 is 26.0 Å². The van der Waals surface area contributed by atoms with Gasteiger partial charge in [0.25, 0.3) is 5.91 Å². The van der Waals surface area contributed by atoms with Crippen LogP contribution in [0.5, 0.6) is 0 Å². The van der Waals surface area contributed by atoms with Gasteiger partial charge in [0.1, 0.15) is 0 Å². The third-order valence-corrected chi connectivity index (χ3v) is 8.69. The lowest BCUT2D eigenvalue weighted by atomic mass is 10.0. The summed E-state index contributed by atoms with van der Waals surface area (Å²) in [4.78, 5) is 14.4. The third-order valence-electron chi connectivity index (χ3n) is 5.48. The molecule has 2 saturated heterocycles. The van der Waals surface area contributed by atoms with Crippen molar-refractivity contribution < 1.29 is 21.6 Å². The van der Waals surface area contributed by atoms with Crippen LogP contribution in [0, 0.1) is 5.92 Å². The molecule has 0 N–H and O–H groups in total. The molecular weight excluding hydrogens is 402 g/mol. The molecule has 10 heteroatoms. The van der Waals surface area contributed by atoms with Crippen LogP contribution in [0.3, 0.4) is 0 Å². The molecule has 3 rings (SSSR count). The van der Waals surface area contributed by atoms with E-state index in [9.17, 15) is 21.6 Å². The van der Waals surface area contributed by atoms with Crippen LogP contribution in [0.1, 0.15) is 30.1 Å². The third kappa shape index (κ3) is 4.56. The topological polar surface area (TPSA) is 95.1 Å². The maximum absolute atomic E-state index is 12.8. The lowest BCUT2D eigenvalue weighted by molar-refractivity contribution is 0.0698. The molecular formula is C18H27N3O5S2. The number of amides is 1. The molecule has 1 aromatic rings. The predicted octanol–water partition coefficient (Wildman–Crippen LogP) is 0.825. The zero-order chi connectivity index (χ0) is 20.5. The summed E-state index contributed by atoms with van der Waals surface area (Å²) in [5.74, 6) is 0.318. The van der Waals surface area contributed by atoms with E-state index in [2.05, 4.69) is 6.92 Å². The van der Waals surface area contributed by atoms with E-state index in [-0.39, 0.29) is 23.9 Å². The number of hydrogen-bond donors (Lipinski definition) is 0. The van der Waals surface area contributed by atoms with Crippen LogP contribution < -0.4 is 0 Å². The van der Waals surface area contributed by atoms with E-state index < -0.39 is 20.0 Å². The lowest BCUT2D eigenvalue weighted by Crippen LogP contribution is -2.50. The average molecular weight is 430 g/mol. The van der Waals surface area contributed by atoms with Gasteiger partial charge in [-0.1, -0.05) is 6.92 Å². The number of piperazine rings is 1. The van der Waals surface area contributed by atoms with E-state index in [1.165, 1.54) is 32.9 Å².